The summed E-state index contributed by atoms with van der Waals surface area (Å²) >= 11 is 1.23. The number of halogens is 1. The van der Waals surface area contributed by atoms with Crippen LogP contribution in [0.4, 0.5) is 9.52 Å². The van der Waals surface area contributed by atoms with Crippen LogP contribution in [-0.4, -0.2) is 47.2 Å². The maximum atomic E-state index is 13.2. The van der Waals surface area contributed by atoms with Crippen LogP contribution in [0.2, 0.25) is 0 Å². The zero-order valence-electron chi connectivity index (χ0n) is 18.8. The van der Waals surface area contributed by atoms with E-state index in [1.165, 1.54) is 40.5 Å². The van der Waals surface area contributed by atoms with Crippen LogP contribution in [0, 0.1) is 11.7 Å². The second kappa shape index (κ2) is 12.9. The van der Waals surface area contributed by atoms with Crippen LogP contribution in [0.3, 0.4) is 0 Å². The van der Waals surface area contributed by atoms with Crippen LogP contribution in [0.25, 0.3) is 0 Å². The Hall–Kier alpha value is -2.81. The molecule has 0 aliphatic rings. The van der Waals surface area contributed by atoms with E-state index in [2.05, 4.69) is 22.5 Å². The van der Waals surface area contributed by atoms with Gasteiger partial charge in [0.15, 0.2) is 5.13 Å². The standard InChI is InChI=1S/C23H31FN4O3S/c1-4-5-6-11-25-20(29)12-19-15-32-23(26-19)27-21(30)14-28(13-16(2)3)22(31)17-7-9-18(24)10-8-17/h7-10,15-16H,4-6,11-14H2,1-3H3,(H,25,29)(H,26,27,30). The largest absolute Gasteiger partial charge is 0.356 e. The van der Waals surface area contributed by atoms with Gasteiger partial charge in [0.05, 0.1) is 12.1 Å². The van der Waals surface area contributed by atoms with E-state index < -0.39 is 5.82 Å². The normalized spacial score (nSPS) is 10.8. The third kappa shape index (κ3) is 8.74. The quantitative estimate of drug-likeness (QED) is 0.469. The lowest BCUT2D eigenvalue weighted by atomic mass is 10.1. The van der Waals surface area contributed by atoms with Gasteiger partial charge in [0.2, 0.25) is 11.8 Å². The molecule has 0 radical (unpaired) electrons. The van der Waals surface area contributed by atoms with Crippen molar-refractivity contribution in [2.45, 2.75) is 46.5 Å². The molecule has 9 heteroatoms. The van der Waals surface area contributed by atoms with Crippen molar-refractivity contribution >= 4 is 34.2 Å². The van der Waals surface area contributed by atoms with Crippen molar-refractivity contribution in [1.29, 1.82) is 0 Å². The fraction of sp³-hybridized carbons (Fsp3) is 0.478. The minimum atomic E-state index is -0.427. The van der Waals surface area contributed by atoms with E-state index in [9.17, 15) is 18.8 Å². The minimum Gasteiger partial charge on any atom is -0.356 e. The summed E-state index contributed by atoms with van der Waals surface area (Å²) in [5, 5.41) is 7.67. The number of nitrogens with zero attached hydrogens (tertiary/aromatic N) is 2. The molecular formula is C23H31FN4O3S. The SMILES string of the molecule is CCCCCNC(=O)Cc1csc(NC(=O)CN(CC(C)C)C(=O)c2ccc(F)cc2)n1. The van der Waals surface area contributed by atoms with E-state index in [0.717, 1.165) is 19.3 Å². The van der Waals surface area contributed by atoms with E-state index in [4.69, 9.17) is 0 Å². The Kier molecular flexibility index (Phi) is 10.3. The van der Waals surface area contributed by atoms with Crippen molar-refractivity contribution in [2.75, 3.05) is 25.0 Å². The van der Waals surface area contributed by atoms with Crippen molar-refractivity contribution in [2.24, 2.45) is 5.92 Å². The van der Waals surface area contributed by atoms with E-state index in [1.807, 2.05) is 13.8 Å². The number of rotatable bonds is 12. The minimum absolute atomic E-state index is 0.0997. The summed E-state index contributed by atoms with van der Waals surface area (Å²) in [5.74, 6) is -1.10. The maximum absolute atomic E-state index is 13.2. The third-order valence-corrected chi connectivity index (χ3v) is 5.35. The maximum Gasteiger partial charge on any atom is 0.254 e. The first kappa shape index (κ1) is 25.5. The molecule has 0 unspecified atom stereocenters. The summed E-state index contributed by atoms with van der Waals surface area (Å²) in [6.07, 6.45) is 3.27. The second-order valence-corrected chi connectivity index (χ2v) is 8.87. The molecule has 2 rings (SSSR count). The van der Waals surface area contributed by atoms with Gasteiger partial charge in [-0.3, -0.25) is 14.4 Å². The van der Waals surface area contributed by atoms with E-state index in [0.29, 0.717) is 29.5 Å². The Labute approximate surface area is 192 Å². The first-order chi connectivity index (χ1) is 15.3. The van der Waals surface area contributed by atoms with Crippen LogP contribution in [-0.2, 0) is 16.0 Å². The number of thiazole rings is 1. The first-order valence-electron chi connectivity index (χ1n) is 10.8. The number of aromatic nitrogens is 1. The van der Waals surface area contributed by atoms with Crippen LogP contribution >= 0.6 is 11.3 Å². The van der Waals surface area contributed by atoms with Crippen LogP contribution < -0.4 is 10.6 Å². The zero-order valence-corrected chi connectivity index (χ0v) is 19.6. The molecule has 0 saturated carbocycles. The van der Waals surface area contributed by atoms with Gasteiger partial charge in [-0.05, 0) is 36.6 Å². The number of carbonyl (C=O) groups excluding carboxylic acids is 3. The molecule has 0 fully saturated rings. The average molecular weight is 463 g/mol. The number of amides is 3. The second-order valence-electron chi connectivity index (χ2n) is 8.01. The molecule has 0 saturated heterocycles. The molecule has 32 heavy (non-hydrogen) atoms. The highest BCUT2D eigenvalue weighted by molar-refractivity contribution is 7.13. The number of benzene rings is 1. The lowest BCUT2D eigenvalue weighted by Crippen LogP contribution is -2.40. The fourth-order valence-electron chi connectivity index (χ4n) is 3.04. The number of hydrogen-bond donors (Lipinski definition) is 2. The van der Waals surface area contributed by atoms with Gasteiger partial charge in [-0.1, -0.05) is 33.6 Å². The van der Waals surface area contributed by atoms with Crippen molar-refractivity contribution in [3.63, 3.8) is 0 Å². The van der Waals surface area contributed by atoms with Gasteiger partial charge >= 0.3 is 0 Å². The Morgan fingerprint density at radius 3 is 2.50 bits per heavy atom. The smallest absolute Gasteiger partial charge is 0.254 e. The highest BCUT2D eigenvalue weighted by Gasteiger charge is 2.21. The topological polar surface area (TPSA) is 91.4 Å². The van der Waals surface area contributed by atoms with Gasteiger partial charge in [-0.15, -0.1) is 11.3 Å². The van der Waals surface area contributed by atoms with Crippen molar-refractivity contribution in [3.05, 3.63) is 46.7 Å². The molecule has 2 aromatic rings. The monoisotopic (exact) mass is 462 g/mol. The number of carbonyl (C=O) groups is 3. The summed E-state index contributed by atoms with van der Waals surface area (Å²) in [4.78, 5) is 43.1. The summed E-state index contributed by atoms with van der Waals surface area (Å²) in [5.41, 5.74) is 0.904. The summed E-state index contributed by atoms with van der Waals surface area (Å²) in [6, 6.07) is 5.25. The summed E-state index contributed by atoms with van der Waals surface area (Å²) in [7, 11) is 0. The first-order valence-corrected chi connectivity index (χ1v) is 11.7. The van der Waals surface area contributed by atoms with Crippen molar-refractivity contribution in [3.8, 4) is 0 Å². The fourth-order valence-corrected chi connectivity index (χ4v) is 3.77. The van der Waals surface area contributed by atoms with E-state index >= 15 is 0 Å². The number of hydrogen-bond acceptors (Lipinski definition) is 5. The van der Waals surface area contributed by atoms with E-state index in [-0.39, 0.29) is 36.6 Å². The molecule has 1 aromatic carbocycles. The lowest BCUT2D eigenvalue weighted by molar-refractivity contribution is -0.120. The van der Waals surface area contributed by atoms with Gasteiger partial charge in [-0.25, -0.2) is 9.37 Å². The predicted molar refractivity (Wildman–Crippen MR) is 124 cm³/mol. The molecule has 1 heterocycles. The molecule has 2 N–H and O–H groups in total. The highest BCUT2D eigenvalue weighted by atomic mass is 32.1. The Bertz CT molecular complexity index is 899. The van der Waals surface area contributed by atoms with Crippen LogP contribution in [0.1, 0.15) is 56.1 Å². The molecule has 1 aromatic heterocycles. The molecular weight excluding hydrogens is 431 g/mol. The molecule has 7 nitrogen and oxygen atoms in total. The van der Waals surface area contributed by atoms with Crippen LogP contribution in [0.5, 0.6) is 0 Å². The summed E-state index contributed by atoms with van der Waals surface area (Å²) in [6.45, 7) is 6.88. The molecule has 174 valence electrons. The lowest BCUT2D eigenvalue weighted by Gasteiger charge is -2.24. The highest BCUT2D eigenvalue weighted by Crippen LogP contribution is 2.16. The molecule has 0 bridgehead atoms. The van der Waals surface area contributed by atoms with Gasteiger partial charge in [0.1, 0.15) is 12.4 Å². The van der Waals surface area contributed by atoms with Gasteiger partial charge < -0.3 is 15.5 Å². The molecule has 0 spiro atoms. The molecule has 0 atom stereocenters. The molecule has 0 aliphatic heterocycles. The van der Waals surface area contributed by atoms with Gasteiger partial charge in [-0.2, -0.15) is 0 Å². The zero-order chi connectivity index (χ0) is 23.5. The third-order valence-electron chi connectivity index (χ3n) is 4.54. The Morgan fingerprint density at radius 2 is 1.84 bits per heavy atom. The summed E-state index contributed by atoms with van der Waals surface area (Å²) < 4.78 is 13.2. The number of nitrogens with one attached hydrogen (secondary N) is 2. The number of anilines is 1. The van der Waals surface area contributed by atoms with Gasteiger partial charge in [0, 0.05) is 24.0 Å². The Morgan fingerprint density at radius 1 is 1.12 bits per heavy atom. The predicted octanol–water partition coefficient (Wildman–Crippen LogP) is 3.87. The average Bonchev–Trinajstić information content (AvgIpc) is 3.16. The molecule has 3 amide bonds. The Balaban J connectivity index is 1.92. The van der Waals surface area contributed by atoms with Crippen molar-refractivity contribution in [1.82, 2.24) is 15.2 Å². The number of unbranched alkanes of at least 4 members (excludes halogenated alkanes) is 2. The van der Waals surface area contributed by atoms with Crippen molar-refractivity contribution < 1.29 is 18.8 Å². The van der Waals surface area contributed by atoms with Crippen LogP contribution in [0.15, 0.2) is 29.6 Å². The van der Waals surface area contributed by atoms with E-state index in [1.54, 1.807) is 5.38 Å². The van der Waals surface area contributed by atoms with Gasteiger partial charge in [0.25, 0.3) is 5.91 Å². The molecule has 0 aliphatic carbocycles.